The highest BCUT2D eigenvalue weighted by atomic mass is 19.1. The maximum Gasteiger partial charge on any atom is 0.256 e. The van der Waals surface area contributed by atoms with Crippen molar-refractivity contribution >= 4 is 22.5 Å². The molecule has 2 heterocycles. The Bertz CT molecular complexity index is 1330. The molecular formula is C23H19F3N4O2. The maximum atomic E-state index is 14.1. The van der Waals surface area contributed by atoms with E-state index < -0.39 is 23.4 Å². The zero-order chi connectivity index (χ0) is 23.0. The molecular weight excluding hydrogens is 421 g/mol. The smallest absolute Gasteiger partial charge is 0.256 e. The van der Waals surface area contributed by atoms with Crippen molar-refractivity contribution in [3.8, 4) is 5.88 Å². The molecule has 6 nitrogen and oxygen atoms in total. The summed E-state index contributed by atoms with van der Waals surface area (Å²) in [4.78, 5) is 17.5. The number of methoxy groups -OCH3 is 1. The topological polar surface area (TPSA) is 69.0 Å². The summed E-state index contributed by atoms with van der Waals surface area (Å²) in [5, 5.41) is 7.76. The average molecular weight is 440 g/mol. The highest BCUT2D eigenvalue weighted by molar-refractivity contribution is 6.13. The predicted octanol–water partition coefficient (Wildman–Crippen LogP) is 4.77. The largest absolute Gasteiger partial charge is 0.481 e. The minimum Gasteiger partial charge on any atom is -0.481 e. The molecule has 1 N–H and O–H groups in total. The van der Waals surface area contributed by atoms with Gasteiger partial charge < -0.3 is 10.1 Å². The van der Waals surface area contributed by atoms with Gasteiger partial charge in [-0.05, 0) is 19.9 Å². The summed E-state index contributed by atoms with van der Waals surface area (Å²) in [6, 6.07) is 9.93. The second-order valence-electron chi connectivity index (χ2n) is 7.23. The summed E-state index contributed by atoms with van der Waals surface area (Å²) in [7, 11) is 1.46. The van der Waals surface area contributed by atoms with Crippen molar-refractivity contribution < 1.29 is 22.7 Å². The fourth-order valence-electron chi connectivity index (χ4n) is 3.53. The SMILES string of the molecule is COc1cc(C(=O)Nc2c(C)nn(Cc3c(F)cc(F)cc3F)c2C)c2ccccc2n1. The minimum atomic E-state index is -1.00. The number of benzene rings is 2. The van der Waals surface area contributed by atoms with E-state index in [4.69, 9.17) is 4.74 Å². The number of nitrogens with one attached hydrogen (secondary N) is 1. The number of amides is 1. The lowest BCUT2D eigenvalue weighted by molar-refractivity contribution is 0.102. The highest BCUT2D eigenvalue weighted by Crippen LogP contribution is 2.26. The summed E-state index contributed by atoms with van der Waals surface area (Å²) in [5.74, 6) is -3.12. The Balaban J connectivity index is 1.68. The van der Waals surface area contributed by atoms with Crippen LogP contribution >= 0.6 is 0 Å². The first-order valence-electron chi connectivity index (χ1n) is 9.71. The van der Waals surface area contributed by atoms with Gasteiger partial charge in [0.1, 0.15) is 17.5 Å². The molecule has 4 aromatic rings. The van der Waals surface area contributed by atoms with Crippen LogP contribution in [0.2, 0.25) is 0 Å². The first-order chi connectivity index (χ1) is 15.3. The van der Waals surface area contributed by atoms with E-state index in [1.54, 1.807) is 32.0 Å². The van der Waals surface area contributed by atoms with E-state index in [0.717, 1.165) is 0 Å². The summed E-state index contributed by atoms with van der Waals surface area (Å²) in [5.41, 5.74) is 2.00. The second kappa shape index (κ2) is 8.33. The third kappa shape index (κ3) is 3.89. The molecule has 32 heavy (non-hydrogen) atoms. The molecule has 0 spiro atoms. The summed E-state index contributed by atoms with van der Waals surface area (Å²) in [6.07, 6.45) is 0. The van der Waals surface area contributed by atoms with E-state index >= 15 is 0 Å². The molecule has 9 heteroatoms. The third-order valence-corrected chi connectivity index (χ3v) is 5.18. The summed E-state index contributed by atoms with van der Waals surface area (Å²) in [6.45, 7) is 3.08. The van der Waals surface area contributed by atoms with Crippen LogP contribution in [0.3, 0.4) is 0 Å². The normalized spacial score (nSPS) is 11.1. The molecule has 0 unspecified atom stereocenters. The lowest BCUT2D eigenvalue weighted by atomic mass is 10.1. The monoisotopic (exact) mass is 440 g/mol. The van der Waals surface area contributed by atoms with E-state index in [1.165, 1.54) is 17.9 Å². The standard InChI is InChI=1S/C23H19F3N4O2/c1-12-22(13(2)30(29-12)11-17-18(25)8-14(24)9-19(17)26)28-23(31)16-10-21(32-3)27-20-7-5-4-6-15(16)20/h4-10H,11H2,1-3H3,(H,28,31). The van der Waals surface area contributed by atoms with Crippen molar-refractivity contribution in [1.29, 1.82) is 0 Å². The van der Waals surface area contributed by atoms with Crippen LogP contribution in [0.15, 0.2) is 42.5 Å². The van der Waals surface area contributed by atoms with Gasteiger partial charge in [-0.15, -0.1) is 0 Å². The number of ether oxygens (including phenoxy) is 1. The zero-order valence-electron chi connectivity index (χ0n) is 17.5. The number of nitrogens with zero attached hydrogens (tertiary/aromatic N) is 3. The van der Waals surface area contributed by atoms with Crippen molar-refractivity contribution in [2.45, 2.75) is 20.4 Å². The van der Waals surface area contributed by atoms with Crippen LogP contribution in [0, 0.1) is 31.3 Å². The van der Waals surface area contributed by atoms with Crippen molar-refractivity contribution in [3.05, 3.63) is 82.4 Å². The number of carbonyl (C=O) groups is 1. The van der Waals surface area contributed by atoms with E-state index in [9.17, 15) is 18.0 Å². The van der Waals surface area contributed by atoms with E-state index in [2.05, 4.69) is 15.4 Å². The fourth-order valence-corrected chi connectivity index (χ4v) is 3.53. The number of pyridine rings is 1. The summed E-state index contributed by atoms with van der Waals surface area (Å²) < 4.78 is 47.9. The van der Waals surface area contributed by atoms with E-state index in [-0.39, 0.29) is 12.1 Å². The van der Waals surface area contributed by atoms with E-state index in [0.29, 0.717) is 51.6 Å². The fraction of sp³-hybridized carbons (Fsp3) is 0.174. The lowest BCUT2D eigenvalue weighted by Crippen LogP contribution is -2.14. The van der Waals surface area contributed by atoms with Crippen LogP contribution in [0.1, 0.15) is 27.3 Å². The van der Waals surface area contributed by atoms with Gasteiger partial charge in [-0.25, -0.2) is 18.2 Å². The van der Waals surface area contributed by atoms with Crippen LogP contribution in [0.5, 0.6) is 5.88 Å². The van der Waals surface area contributed by atoms with E-state index in [1.807, 2.05) is 6.07 Å². The molecule has 0 aliphatic heterocycles. The number of rotatable bonds is 5. The molecule has 0 bridgehead atoms. The Morgan fingerprint density at radius 3 is 2.47 bits per heavy atom. The molecule has 164 valence electrons. The third-order valence-electron chi connectivity index (χ3n) is 5.18. The van der Waals surface area contributed by atoms with Crippen molar-refractivity contribution in [2.75, 3.05) is 12.4 Å². The Labute approximate surface area is 181 Å². The first kappa shape index (κ1) is 21.4. The maximum absolute atomic E-state index is 14.1. The number of fused-ring (bicyclic) bond motifs is 1. The van der Waals surface area contributed by atoms with Crippen LogP contribution in [0.25, 0.3) is 10.9 Å². The van der Waals surface area contributed by atoms with Crippen molar-refractivity contribution in [2.24, 2.45) is 0 Å². The van der Waals surface area contributed by atoms with Crippen LogP contribution < -0.4 is 10.1 Å². The van der Waals surface area contributed by atoms with Crippen LogP contribution in [-0.2, 0) is 6.54 Å². The van der Waals surface area contributed by atoms with Crippen LogP contribution in [-0.4, -0.2) is 27.8 Å². The molecule has 0 radical (unpaired) electrons. The van der Waals surface area contributed by atoms with Gasteiger partial charge >= 0.3 is 0 Å². The summed E-state index contributed by atoms with van der Waals surface area (Å²) >= 11 is 0. The van der Waals surface area contributed by atoms with Crippen molar-refractivity contribution in [3.63, 3.8) is 0 Å². The number of anilines is 1. The Morgan fingerprint density at radius 2 is 1.78 bits per heavy atom. The number of hydrogen-bond acceptors (Lipinski definition) is 4. The highest BCUT2D eigenvalue weighted by Gasteiger charge is 2.20. The number of hydrogen-bond donors (Lipinski definition) is 1. The van der Waals surface area contributed by atoms with Gasteiger partial charge in [0.15, 0.2) is 0 Å². The Hall–Kier alpha value is -3.88. The predicted molar refractivity (Wildman–Crippen MR) is 113 cm³/mol. The number of halogens is 3. The lowest BCUT2D eigenvalue weighted by Gasteiger charge is -2.11. The molecule has 0 atom stereocenters. The van der Waals surface area contributed by atoms with Gasteiger partial charge in [0.2, 0.25) is 5.88 Å². The van der Waals surface area contributed by atoms with Crippen LogP contribution in [0.4, 0.5) is 18.9 Å². The average Bonchev–Trinajstić information content (AvgIpc) is 3.02. The number of aryl methyl sites for hydroxylation is 1. The number of aromatic nitrogens is 3. The second-order valence-corrected chi connectivity index (χ2v) is 7.23. The molecule has 0 aliphatic carbocycles. The quantitative estimate of drug-likeness (QED) is 0.485. The molecule has 4 rings (SSSR count). The van der Waals surface area contributed by atoms with Gasteiger partial charge in [-0.2, -0.15) is 5.10 Å². The number of carbonyl (C=O) groups excluding carboxylic acids is 1. The van der Waals surface area contributed by atoms with Gasteiger partial charge in [0.05, 0.1) is 41.8 Å². The molecule has 0 saturated carbocycles. The Kier molecular flexibility index (Phi) is 5.56. The molecule has 0 fully saturated rings. The molecule has 2 aromatic heterocycles. The Morgan fingerprint density at radius 1 is 1.09 bits per heavy atom. The van der Waals surface area contributed by atoms with Crippen molar-refractivity contribution in [1.82, 2.24) is 14.8 Å². The molecule has 0 aliphatic rings. The molecule has 0 saturated heterocycles. The van der Waals surface area contributed by atoms with Gasteiger partial charge in [0.25, 0.3) is 5.91 Å². The minimum absolute atomic E-state index is 0.257. The van der Waals surface area contributed by atoms with Gasteiger partial charge in [-0.1, -0.05) is 18.2 Å². The first-order valence-corrected chi connectivity index (χ1v) is 9.71. The van der Waals surface area contributed by atoms with Gasteiger partial charge in [0, 0.05) is 29.1 Å². The number of para-hydroxylation sites is 1. The molecule has 1 amide bonds. The zero-order valence-corrected chi connectivity index (χ0v) is 17.5. The van der Waals surface area contributed by atoms with Gasteiger partial charge in [-0.3, -0.25) is 9.48 Å². The molecule has 2 aromatic carbocycles.